The average molecular weight is 460 g/mol. The van der Waals surface area contributed by atoms with Crippen LogP contribution in [0.25, 0.3) is 0 Å². The highest BCUT2D eigenvalue weighted by atomic mass is 28.4. The van der Waals surface area contributed by atoms with Gasteiger partial charge in [-0.3, -0.25) is 14.4 Å². The Morgan fingerprint density at radius 2 is 1.84 bits per heavy atom. The summed E-state index contributed by atoms with van der Waals surface area (Å²) in [5, 5.41) is 9.22. The number of carbonyl (C=O) groups excluding carboxylic acids is 2. The Balaban J connectivity index is 2.09. The SMILES string of the molecule is C[C@@H]1CC(=O)N(Cc2ccccc2)[C@H]1C=CC(=O)C[C@H](CC(=O)O)O[Si](C)(C)C(C)(C)C. The topological polar surface area (TPSA) is 83.9 Å². The lowest BCUT2D eigenvalue weighted by Gasteiger charge is -2.38. The molecule has 0 radical (unpaired) electrons. The highest BCUT2D eigenvalue weighted by molar-refractivity contribution is 6.74. The Labute approximate surface area is 192 Å². The molecule has 6 nitrogen and oxygen atoms in total. The molecule has 1 aromatic carbocycles. The van der Waals surface area contributed by atoms with Gasteiger partial charge in [-0.05, 0) is 35.7 Å². The lowest BCUT2D eigenvalue weighted by atomic mass is 10.0. The summed E-state index contributed by atoms with van der Waals surface area (Å²) in [6, 6.07) is 9.63. The van der Waals surface area contributed by atoms with Crippen molar-refractivity contribution in [2.75, 3.05) is 0 Å². The number of aliphatic carboxylic acids is 1. The number of amides is 1. The molecule has 0 bridgehead atoms. The predicted molar refractivity (Wildman–Crippen MR) is 128 cm³/mol. The predicted octanol–water partition coefficient (Wildman–Crippen LogP) is 4.80. The molecular formula is C25H37NO5Si. The molecule has 3 atom stereocenters. The van der Waals surface area contributed by atoms with E-state index in [1.807, 2.05) is 42.2 Å². The molecule has 0 unspecified atom stereocenters. The number of carboxylic acid groups (broad SMARTS) is 1. The highest BCUT2D eigenvalue weighted by Gasteiger charge is 2.40. The van der Waals surface area contributed by atoms with Crippen molar-refractivity contribution in [2.45, 2.75) is 83.8 Å². The maximum atomic E-state index is 12.7. The maximum Gasteiger partial charge on any atom is 0.305 e. The Morgan fingerprint density at radius 1 is 1.22 bits per heavy atom. The van der Waals surface area contributed by atoms with Crippen LogP contribution < -0.4 is 0 Å². The number of likely N-dealkylation sites (tertiary alicyclic amines) is 1. The summed E-state index contributed by atoms with van der Waals surface area (Å²) in [5.41, 5.74) is 1.05. The van der Waals surface area contributed by atoms with Gasteiger partial charge < -0.3 is 14.4 Å². The number of rotatable bonds is 10. The van der Waals surface area contributed by atoms with Gasteiger partial charge in [0.05, 0.1) is 18.6 Å². The number of hydrogen-bond acceptors (Lipinski definition) is 4. The first-order chi connectivity index (χ1) is 14.8. The van der Waals surface area contributed by atoms with Gasteiger partial charge >= 0.3 is 5.97 Å². The van der Waals surface area contributed by atoms with Crippen LogP contribution in [0.3, 0.4) is 0 Å². The third-order valence-corrected chi connectivity index (χ3v) is 11.1. The van der Waals surface area contributed by atoms with Crippen molar-refractivity contribution in [3.05, 3.63) is 48.0 Å². The smallest absolute Gasteiger partial charge is 0.305 e. The van der Waals surface area contributed by atoms with E-state index in [2.05, 4.69) is 33.9 Å². The van der Waals surface area contributed by atoms with Crippen LogP contribution in [-0.4, -0.2) is 48.1 Å². The first-order valence-electron chi connectivity index (χ1n) is 11.2. The van der Waals surface area contributed by atoms with Gasteiger partial charge in [-0.1, -0.05) is 64.1 Å². The molecule has 176 valence electrons. The minimum Gasteiger partial charge on any atom is -0.481 e. The third kappa shape index (κ3) is 7.13. The number of allylic oxidation sites excluding steroid dienone is 1. The van der Waals surface area contributed by atoms with Gasteiger partial charge in [-0.15, -0.1) is 0 Å². The molecule has 7 heteroatoms. The second kappa shape index (κ2) is 10.6. The molecule has 1 aromatic rings. The molecule has 1 saturated heterocycles. The number of benzene rings is 1. The quantitative estimate of drug-likeness (QED) is 0.401. The van der Waals surface area contributed by atoms with E-state index in [1.165, 1.54) is 6.08 Å². The van der Waals surface area contributed by atoms with Crippen LogP contribution in [0.1, 0.15) is 52.5 Å². The number of carbonyl (C=O) groups is 3. The summed E-state index contributed by atoms with van der Waals surface area (Å²) in [7, 11) is -2.22. The van der Waals surface area contributed by atoms with Gasteiger partial charge in [0.2, 0.25) is 5.91 Å². The highest BCUT2D eigenvalue weighted by Crippen LogP contribution is 2.38. The second-order valence-corrected chi connectivity index (χ2v) is 15.1. The molecule has 0 aromatic heterocycles. The van der Waals surface area contributed by atoms with Crippen LogP contribution in [0.2, 0.25) is 18.1 Å². The van der Waals surface area contributed by atoms with Crippen LogP contribution in [0.15, 0.2) is 42.5 Å². The first-order valence-corrected chi connectivity index (χ1v) is 14.1. The van der Waals surface area contributed by atoms with Crippen LogP contribution in [0.5, 0.6) is 0 Å². The molecule has 0 spiro atoms. The molecular weight excluding hydrogens is 422 g/mol. The zero-order valence-electron chi connectivity index (χ0n) is 20.1. The molecule has 2 rings (SSSR count). The molecule has 1 heterocycles. The monoisotopic (exact) mass is 459 g/mol. The van der Waals surface area contributed by atoms with Crippen LogP contribution in [0.4, 0.5) is 0 Å². The standard InChI is InChI=1S/C25H37NO5Si/c1-18-14-23(28)26(17-19-10-8-7-9-11-19)22(18)13-12-20(27)15-21(16-24(29)30)31-32(5,6)25(2,3)4/h7-13,18,21-22H,14-17H2,1-6H3,(H,29,30)/t18-,21-,22+/m1/s1. The zero-order chi connectivity index (χ0) is 24.1. The Hall–Kier alpha value is -2.25. The molecule has 0 saturated carbocycles. The number of ketones is 1. The van der Waals surface area contributed by atoms with Gasteiger partial charge in [0.15, 0.2) is 14.1 Å². The van der Waals surface area contributed by atoms with Crippen molar-refractivity contribution in [1.82, 2.24) is 4.90 Å². The minimum atomic E-state index is -2.22. The van der Waals surface area contributed by atoms with Gasteiger partial charge in [0, 0.05) is 19.4 Å². The van der Waals surface area contributed by atoms with Crippen LogP contribution in [0, 0.1) is 5.92 Å². The van der Waals surface area contributed by atoms with Crippen molar-refractivity contribution in [2.24, 2.45) is 5.92 Å². The molecule has 1 aliphatic heterocycles. The van der Waals surface area contributed by atoms with E-state index in [-0.39, 0.29) is 41.5 Å². The first kappa shape index (κ1) is 26.0. The summed E-state index contributed by atoms with van der Waals surface area (Å²) in [5.74, 6) is -0.974. The second-order valence-electron chi connectivity index (χ2n) is 10.3. The van der Waals surface area contributed by atoms with E-state index < -0.39 is 20.4 Å². The third-order valence-electron chi connectivity index (χ3n) is 6.53. The van der Waals surface area contributed by atoms with E-state index in [1.54, 1.807) is 6.08 Å². The minimum absolute atomic E-state index is 0.0169. The lowest BCUT2D eigenvalue weighted by molar-refractivity contribution is -0.139. The van der Waals surface area contributed by atoms with Crippen molar-refractivity contribution in [1.29, 1.82) is 0 Å². The Morgan fingerprint density at radius 3 is 2.41 bits per heavy atom. The average Bonchev–Trinajstić information content (AvgIpc) is 2.91. The summed E-state index contributed by atoms with van der Waals surface area (Å²) in [6.45, 7) is 12.9. The molecule has 1 aliphatic rings. The van der Waals surface area contributed by atoms with Gasteiger partial charge in [-0.25, -0.2) is 0 Å². The van der Waals surface area contributed by atoms with Crippen LogP contribution in [-0.2, 0) is 25.4 Å². The Bertz CT molecular complexity index is 844. The fourth-order valence-corrected chi connectivity index (χ4v) is 5.05. The number of hydrogen-bond donors (Lipinski definition) is 1. The van der Waals surface area contributed by atoms with Crippen molar-refractivity contribution in [3.8, 4) is 0 Å². The number of carboxylic acids is 1. The molecule has 0 aliphatic carbocycles. The Kier molecular flexibility index (Phi) is 8.59. The largest absolute Gasteiger partial charge is 0.481 e. The van der Waals surface area contributed by atoms with Crippen LogP contribution >= 0.6 is 0 Å². The van der Waals surface area contributed by atoms with E-state index in [9.17, 15) is 19.5 Å². The van der Waals surface area contributed by atoms with Crippen molar-refractivity contribution < 1.29 is 23.9 Å². The van der Waals surface area contributed by atoms with E-state index >= 15 is 0 Å². The summed E-state index contributed by atoms with van der Waals surface area (Å²) in [6.07, 6.45) is 2.90. The molecule has 1 fully saturated rings. The zero-order valence-corrected chi connectivity index (χ0v) is 21.1. The maximum absolute atomic E-state index is 12.7. The van der Waals surface area contributed by atoms with Crippen molar-refractivity contribution >= 4 is 26.0 Å². The van der Waals surface area contributed by atoms with E-state index in [0.29, 0.717) is 13.0 Å². The van der Waals surface area contributed by atoms with Crippen molar-refractivity contribution in [3.63, 3.8) is 0 Å². The normalized spacial score (nSPS) is 20.7. The lowest BCUT2D eigenvalue weighted by Crippen LogP contribution is -2.44. The summed E-state index contributed by atoms with van der Waals surface area (Å²) in [4.78, 5) is 38.4. The fourth-order valence-electron chi connectivity index (χ4n) is 3.70. The molecule has 1 amide bonds. The molecule has 32 heavy (non-hydrogen) atoms. The van der Waals surface area contributed by atoms with Gasteiger partial charge in [0.25, 0.3) is 0 Å². The number of nitrogens with zero attached hydrogens (tertiary/aromatic N) is 1. The summed E-state index contributed by atoms with van der Waals surface area (Å²) >= 11 is 0. The summed E-state index contributed by atoms with van der Waals surface area (Å²) < 4.78 is 6.23. The van der Waals surface area contributed by atoms with E-state index in [4.69, 9.17) is 4.43 Å². The fraction of sp³-hybridized carbons (Fsp3) is 0.560. The molecule has 1 N–H and O–H groups in total. The van der Waals surface area contributed by atoms with Gasteiger partial charge in [-0.2, -0.15) is 0 Å². The van der Waals surface area contributed by atoms with E-state index in [0.717, 1.165) is 5.56 Å². The van der Waals surface area contributed by atoms with Gasteiger partial charge in [0.1, 0.15) is 0 Å².